The van der Waals surface area contributed by atoms with Crippen molar-refractivity contribution in [2.75, 3.05) is 5.73 Å². The number of nitrogen functional groups attached to an aromatic ring is 1. The minimum Gasteiger partial charge on any atom is -0.397 e. The number of hydrogen-bond acceptors (Lipinski definition) is 3. The van der Waals surface area contributed by atoms with Gasteiger partial charge in [-0.25, -0.2) is 0 Å². The van der Waals surface area contributed by atoms with Gasteiger partial charge in [-0.2, -0.15) is 5.26 Å². The molecule has 0 radical (unpaired) electrons. The molecule has 0 aromatic heterocycles. The van der Waals surface area contributed by atoms with Crippen LogP contribution < -0.4 is 5.73 Å². The zero-order valence-electron chi connectivity index (χ0n) is 10.1. The van der Waals surface area contributed by atoms with Gasteiger partial charge in [-0.3, -0.25) is 4.79 Å². The van der Waals surface area contributed by atoms with E-state index in [0.717, 1.165) is 5.56 Å². The summed E-state index contributed by atoms with van der Waals surface area (Å²) in [6.07, 6.45) is 0. The maximum atomic E-state index is 11.6. The fraction of sp³-hybridized carbons (Fsp3) is 0.385. The van der Waals surface area contributed by atoms with E-state index in [0.29, 0.717) is 16.8 Å². The summed E-state index contributed by atoms with van der Waals surface area (Å²) in [6.45, 7) is 6.98. The molecule has 0 aliphatic rings. The Labute approximate surface area is 95.9 Å². The first-order valence-corrected chi connectivity index (χ1v) is 5.13. The molecule has 1 aromatic rings. The molecule has 16 heavy (non-hydrogen) atoms. The first-order chi connectivity index (χ1) is 7.32. The summed E-state index contributed by atoms with van der Waals surface area (Å²) in [6, 6.07) is 5.74. The standard InChI is InChI=1S/C13H16N2O/c1-8-5-6-11(10(7-14)12(8)15)13(3,4)9(2)16/h5-6H,15H2,1-4H3. The molecule has 84 valence electrons. The van der Waals surface area contributed by atoms with Gasteiger partial charge in [0, 0.05) is 5.41 Å². The molecule has 2 N–H and O–H groups in total. The number of nitrogens with zero attached hydrogens (tertiary/aromatic N) is 1. The van der Waals surface area contributed by atoms with E-state index in [1.165, 1.54) is 6.92 Å². The molecule has 0 aliphatic heterocycles. The molecule has 0 heterocycles. The van der Waals surface area contributed by atoms with Crippen LogP contribution in [0.5, 0.6) is 0 Å². The third-order valence-electron chi connectivity index (χ3n) is 3.13. The minimum absolute atomic E-state index is 0.0206. The van der Waals surface area contributed by atoms with Gasteiger partial charge in [0.2, 0.25) is 0 Å². The fourth-order valence-electron chi connectivity index (χ4n) is 1.55. The summed E-state index contributed by atoms with van der Waals surface area (Å²) in [5, 5.41) is 9.13. The van der Waals surface area contributed by atoms with Crippen LogP contribution in [0.15, 0.2) is 12.1 Å². The smallest absolute Gasteiger partial charge is 0.139 e. The summed E-state index contributed by atoms with van der Waals surface area (Å²) < 4.78 is 0. The number of rotatable bonds is 2. The van der Waals surface area contributed by atoms with Crippen molar-refractivity contribution in [1.82, 2.24) is 0 Å². The Hall–Kier alpha value is -1.82. The zero-order valence-corrected chi connectivity index (χ0v) is 10.1. The van der Waals surface area contributed by atoms with Gasteiger partial charge in [0.1, 0.15) is 11.9 Å². The van der Waals surface area contributed by atoms with Gasteiger partial charge >= 0.3 is 0 Å². The van der Waals surface area contributed by atoms with Crippen molar-refractivity contribution in [3.05, 3.63) is 28.8 Å². The number of Topliss-reactive ketones (excluding diaryl/α,β-unsaturated/α-hetero) is 1. The van der Waals surface area contributed by atoms with Gasteiger partial charge in [0.25, 0.3) is 0 Å². The van der Waals surface area contributed by atoms with Crippen LogP contribution in [0.2, 0.25) is 0 Å². The van der Waals surface area contributed by atoms with Crippen LogP contribution in [0.3, 0.4) is 0 Å². The molecule has 3 nitrogen and oxygen atoms in total. The van der Waals surface area contributed by atoms with Crippen molar-refractivity contribution in [2.45, 2.75) is 33.1 Å². The van der Waals surface area contributed by atoms with E-state index >= 15 is 0 Å². The number of anilines is 1. The Bertz CT molecular complexity index is 481. The van der Waals surface area contributed by atoms with Crippen LogP contribution in [0.4, 0.5) is 5.69 Å². The summed E-state index contributed by atoms with van der Waals surface area (Å²) in [5.74, 6) is 0.0206. The number of nitriles is 1. The third-order valence-corrected chi connectivity index (χ3v) is 3.13. The predicted molar refractivity (Wildman–Crippen MR) is 64.0 cm³/mol. The molecule has 0 amide bonds. The van der Waals surface area contributed by atoms with Gasteiger partial charge in [-0.1, -0.05) is 12.1 Å². The lowest BCUT2D eigenvalue weighted by molar-refractivity contribution is -0.121. The van der Waals surface area contributed by atoms with Crippen molar-refractivity contribution >= 4 is 11.5 Å². The predicted octanol–water partition coefficient (Wildman–Crippen LogP) is 2.32. The second-order valence-corrected chi connectivity index (χ2v) is 4.51. The Morgan fingerprint density at radius 2 is 2.00 bits per heavy atom. The monoisotopic (exact) mass is 216 g/mol. The Kier molecular flexibility index (Phi) is 3.04. The van der Waals surface area contributed by atoms with E-state index in [1.54, 1.807) is 13.8 Å². The molecular formula is C13H16N2O. The van der Waals surface area contributed by atoms with Crippen molar-refractivity contribution in [3.63, 3.8) is 0 Å². The Morgan fingerprint density at radius 3 is 2.44 bits per heavy atom. The third kappa shape index (κ3) is 1.79. The lowest BCUT2D eigenvalue weighted by Crippen LogP contribution is -2.28. The van der Waals surface area contributed by atoms with Crippen LogP contribution in [0.25, 0.3) is 0 Å². The summed E-state index contributed by atoms with van der Waals surface area (Å²) in [4.78, 5) is 11.6. The van der Waals surface area contributed by atoms with Crippen LogP contribution >= 0.6 is 0 Å². The number of carbonyl (C=O) groups is 1. The fourth-order valence-corrected chi connectivity index (χ4v) is 1.55. The normalized spacial score (nSPS) is 10.9. The van der Waals surface area contributed by atoms with Crippen LogP contribution in [0.1, 0.15) is 37.5 Å². The Morgan fingerprint density at radius 1 is 1.44 bits per heavy atom. The van der Waals surface area contributed by atoms with Crippen LogP contribution in [0, 0.1) is 18.3 Å². The maximum absolute atomic E-state index is 11.6. The van der Waals surface area contributed by atoms with Crippen molar-refractivity contribution < 1.29 is 4.79 Å². The number of aryl methyl sites for hydroxylation is 1. The first kappa shape index (κ1) is 12.3. The van der Waals surface area contributed by atoms with Crippen LogP contribution in [-0.2, 0) is 10.2 Å². The minimum atomic E-state index is -0.674. The van der Waals surface area contributed by atoms with E-state index in [9.17, 15) is 4.79 Å². The molecule has 0 fully saturated rings. The molecule has 0 spiro atoms. The maximum Gasteiger partial charge on any atom is 0.139 e. The van der Waals surface area contributed by atoms with E-state index < -0.39 is 5.41 Å². The SMILES string of the molecule is CC(=O)C(C)(C)c1ccc(C)c(N)c1C#N. The highest BCUT2D eigenvalue weighted by molar-refractivity contribution is 5.88. The van der Waals surface area contributed by atoms with E-state index in [1.807, 2.05) is 19.1 Å². The molecular weight excluding hydrogens is 200 g/mol. The molecule has 3 heteroatoms. The van der Waals surface area contributed by atoms with Crippen molar-refractivity contribution in [1.29, 1.82) is 5.26 Å². The number of nitrogens with two attached hydrogens (primary N) is 1. The largest absolute Gasteiger partial charge is 0.397 e. The highest BCUT2D eigenvalue weighted by atomic mass is 16.1. The van der Waals surface area contributed by atoms with E-state index in [2.05, 4.69) is 6.07 Å². The molecule has 0 saturated carbocycles. The van der Waals surface area contributed by atoms with Crippen molar-refractivity contribution in [3.8, 4) is 6.07 Å². The molecule has 0 aliphatic carbocycles. The topological polar surface area (TPSA) is 66.9 Å². The van der Waals surface area contributed by atoms with Gasteiger partial charge in [-0.15, -0.1) is 0 Å². The number of benzene rings is 1. The van der Waals surface area contributed by atoms with E-state index in [4.69, 9.17) is 11.0 Å². The molecule has 0 saturated heterocycles. The molecule has 1 rings (SSSR count). The van der Waals surface area contributed by atoms with Gasteiger partial charge in [-0.05, 0) is 38.8 Å². The number of hydrogen-bond donors (Lipinski definition) is 1. The Balaban J connectivity index is 3.54. The second-order valence-electron chi connectivity index (χ2n) is 4.51. The summed E-state index contributed by atoms with van der Waals surface area (Å²) in [5.41, 5.74) is 7.63. The lowest BCUT2D eigenvalue weighted by Gasteiger charge is -2.24. The first-order valence-electron chi connectivity index (χ1n) is 5.13. The second kappa shape index (κ2) is 3.97. The number of carbonyl (C=O) groups excluding carboxylic acids is 1. The molecule has 0 atom stereocenters. The molecule has 0 unspecified atom stereocenters. The molecule has 1 aromatic carbocycles. The van der Waals surface area contributed by atoms with Gasteiger partial charge < -0.3 is 5.73 Å². The molecule has 0 bridgehead atoms. The quantitative estimate of drug-likeness (QED) is 0.771. The van der Waals surface area contributed by atoms with E-state index in [-0.39, 0.29) is 5.78 Å². The number of ketones is 1. The van der Waals surface area contributed by atoms with Crippen molar-refractivity contribution in [2.24, 2.45) is 0 Å². The average molecular weight is 216 g/mol. The highest BCUT2D eigenvalue weighted by Gasteiger charge is 2.29. The highest BCUT2D eigenvalue weighted by Crippen LogP contribution is 2.31. The lowest BCUT2D eigenvalue weighted by atomic mass is 9.78. The van der Waals surface area contributed by atoms with Gasteiger partial charge in [0.15, 0.2) is 0 Å². The summed E-state index contributed by atoms with van der Waals surface area (Å²) in [7, 11) is 0. The summed E-state index contributed by atoms with van der Waals surface area (Å²) >= 11 is 0. The van der Waals surface area contributed by atoms with Crippen LogP contribution in [-0.4, -0.2) is 5.78 Å². The van der Waals surface area contributed by atoms with Gasteiger partial charge in [0.05, 0.1) is 11.3 Å². The zero-order chi connectivity index (χ0) is 12.5. The average Bonchev–Trinajstić information content (AvgIpc) is 2.21.